The highest BCUT2D eigenvalue weighted by molar-refractivity contribution is 7.99. The Morgan fingerprint density at radius 3 is 2.64 bits per heavy atom. The van der Waals surface area contributed by atoms with E-state index < -0.39 is 11.7 Å². The van der Waals surface area contributed by atoms with Crippen LogP contribution in [0, 0.1) is 0 Å². The zero-order valence-corrected chi connectivity index (χ0v) is 14.9. The van der Waals surface area contributed by atoms with Gasteiger partial charge in [-0.15, -0.1) is 0 Å². The second-order valence-electron chi connectivity index (χ2n) is 4.66. The van der Waals surface area contributed by atoms with Crippen LogP contribution in [0.1, 0.15) is 5.56 Å². The van der Waals surface area contributed by atoms with Crippen molar-refractivity contribution in [3.8, 4) is 11.4 Å². The topological polar surface area (TPSA) is 67.3 Å². The third-order valence-electron chi connectivity index (χ3n) is 2.95. The number of hydrogen-bond acceptors (Lipinski definition) is 6. The van der Waals surface area contributed by atoms with Crippen LogP contribution < -0.4 is 0 Å². The summed E-state index contributed by atoms with van der Waals surface area (Å²) in [5, 5.41) is 8.38. The van der Waals surface area contributed by atoms with E-state index in [1.54, 1.807) is 6.07 Å². The normalized spacial score (nSPS) is 11.7. The summed E-state index contributed by atoms with van der Waals surface area (Å²) in [4.78, 5) is 12.5. The van der Waals surface area contributed by atoms with Gasteiger partial charge in [-0.25, -0.2) is 15.0 Å². The molecule has 0 atom stereocenters. The Hall–Kier alpha value is -1.78. The number of alkyl halides is 3. The summed E-state index contributed by atoms with van der Waals surface area (Å²) >= 11 is 8.42. The Labute approximate surface area is 153 Å². The predicted molar refractivity (Wildman–Crippen MR) is 89.8 cm³/mol. The lowest BCUT2D eigenvalue weighted by Crippen LogP contribution is -2.04. The molecule has 0 bridgehead atoms. The molecule has 0 radical (unpaired) electrons. The molecule has 3 aromatic rings. The second-order valence-corrected chi connectivity index (χ2v) is 6.83. The average Bonchev–Trinajstić information content (AvgIpc) is 3.02. The highest BCUT2D eigenvalue weighted by Crippen LogP contribution is 2.32. The summed E-state index contributed by atoms with van der Waals surface area (Å²) in [5.74, 6) is 0.166. The summed E-state index contributed by atoms with van der Waals surface area (Å²) < 4.78 is 38.4. The molecule has 1 aromatic carbocycles. The highest BCUT2D eigenvalue weighted by atomic mass is 35.5. The molecule has 2 heterocycles. The Balaban J connectivity index is 1.85. The van der Waals surface area contributed by atoms with E-state index in [1.165, 1.54) is 23.9 Å². The number of halogens is 4. The third kappa shape index (κ3) is 4.44. The van der Waals surface area contributed by atoms with Gasteiger partial charge in [0.15, 0.2) is 16.1 Å². The van der Waals surface area contributed by atoms with Gasteiger partial charge in [0.25, 0.3) is 0 Å². The van der Waals surface area contributed by atoms with Crippen molar-refractivity contribution in [2.24, 2.45) is 0 Å². The Bertz CT molecular complexity index is 900. The summed E-state index contributed by atoms with van der Waals surface area (Å²) in [5.41, 5.74) is -0.486. The van der Waals surface area contributed by atoms with Crippen molar-refractivity contribution in [3.63, 3.8) is 0 Å². The third-order valence-corrected chi connectivity index (χ3v) is 4.48. The summed E-state index contributed by atoms with van der Waals surface area (Å²) in [7, 11) is 0. The highest BCUT2D eigenvalue weighted by Gasteiger charge is 2.30. The van der Waals surface area contributed by atoms with Gasteiger partial charge in [-0.3, -0.25) is 5.10 Å². The molecule has 0 saturated carbocycles. The largest absolute Gasteiger partial charge is 0.416 e. The molecule has 5 nitrogen and oxygen atoms in total. The van der Waals surface area contributed by atoms with Crippen molar-refractivity contribution in [3.05, 3.63) is 41.0 Å². The number of nitrogens with zero attached hydrogens (tertiary/aromatic N) is 4. The number of nitrogens with one attached hydrogen (secondary N) is 1. The summed E-state index contributed by atoms with van der Waals surface area (Å²) in [6.45, 7) is 0. The van der Waals surface area contributed by atoms with Gasteiger partial charge in [-0.05, 0) is 30.2 Å². The molecule has 3 rings (SSSR count). The molecule has 0 aliphatic heterocycles. The lowest BCUT2D eigenvalue weighted by Gasteiger charge is -2.06. The number of H-pyrrole nitrogens is 1. The molecular weight excluding hydrogens is 395 g/mol. The van der Waals surface area contributed by atoms with Crippen LogP contribution in [0.3, 0.4) is 0 Å². The van der Waals surface area contributed by atoms with E-state index in [9.17, 15) is 13.2 Å². The molecule has 0 saturated heterocycles. The first kappa shape index (κ1) is 18.0. The van der Waals surface area contributed by atoms with Crippen LogP contribution in [0.2, 0.25) is 5.15 Å². The molecule has 0 aliphatic rings. The van der Waals surface area contributed by atoms with Gasteiger partial charge < -0.3 is 0 Å². The molecule has 130 valence electrons. The maximum atomic E-state index is 12.8. The molecule has 0 amide bonds. The molecule has 0 aliphatic carbocycles. The van der Waals surface area contributed by atoms with Crippen molar-refractivity contribution >= 4 is 35.1 Å². The monoisotopic (exact) mass is 403 g/mol. The lowest BCUT2D eigenvalue weighted by atomic mass is 10.1. The molecule has 11 heteroatoms. The number of benzene rings is 1. The van der Waals surface area contributed by atoms with Gasteiger partial charge in [0, 0.05) is 11.6 Å². The summed E-state index contributed by atoms with van der Waals surface area (Å²) in [6, 6.07) is 6.40. The smallest absolute Gasteiger partial charge is 0.253 e. The van der Waals surface area contributed by atoms with Crippen molar-refractivity contribution in [2.75, 3.05) is 6.26 Å². The standard InChI is InChI=1S/C14H9ClF3N5S2/c1-24-12-19-9(15)6-10(20-12)25-13-21-11(22-23-13)7-3-2-4-8(5-7)14(16,17)18/h2-6H,1H3,(H,21,22,23). The number of aromatic nitrogens is 5. The molecule has 0 unspecified atom stereocenters. The van der Waals surface area contributed by atoms with Gasteiger partial charge in [0.1, 0.15) is 10.2 Å². The first-order valence-electron chi connectivity index (χ1n) is 6.71. The van der Waals surface area contributed by atoms with E-state index in [2.05, 4.69) is 25.1 Å². The summed E-state index contributed by atoms with van der Waals surface area (Å²) in [6.07, 6.45) is -2.60. The number of thioether (sulfide) groups is 1. The van der Waals surface area contributed by atoms with Gasteiger partial charge in [-0.2, -0.15) is 18.3 Å². The molecule has 0 fully saturated rings. The van der Waals surface area contributed by atoms with Crippen LogP contribution in [0.4, 0.5) is 13.2 Å². The molecule has 2 aromatic heterocycles. The SMILES string of the molecule is CSc1nc(Cl)cc(Sc2nc(-c3cccc(C(F)(F)F)c3)n[nH]2)n1. The quantitative estimate of drug-likeness (QED) is 0.383. The first-order valence-corrected chi connectivity index (χ1v) is 9.13. The number of hydrogen-bond donors (Lipinski definition) is 1. The Morgan fingerprint density at radius 1 is 1.12 bits per heavy atom. The van der Waals surface area contributed by atoms with Crippen LogP contribution in [0.15, 0.2) is 45.7 Å². The fourth-order valence-corrected chi connectivity index (χ4v) is 3.34. The number of rotatable bonds is 4. The minimum absolute atomic E-state index is 0.166. The fourth-order valence-electron chi connectivity index (χ4n) is 1.88. The van der Waals surface area contributed by atoms with E-state index in [0.29, 0.717) is 20.5 Å². The van der Waals surface area contributed by atoms with Gasteiger partial charge >= 0.3 is 6.18 Å². The fraction of sp³-hybridized carbons (Fsp3) is 0.143. The minimum Gasteiger partial charge on any atom is -0.253 e. The van der Waals surface area contributed by atoms with Crippen molar-refractivity contribution in [1.29, 1.82) is 0 Å². The van der Waals surface area contributed by atoms with Crippen LogP contribution in [0.25, 0.3) is 11.4 Å². The van der Waals surface area contributed by atoms with Gasteiger partial charge in [0.2, 0.25) is 0 Å². The van der Waals surface area contributed by atoms with Gasteiger partial charge in [-0.1, -0.05) is 35.5 Å². The number of aromatic amines is 1. The maximum Gasteiger partial charge on any atom is 0.416 e. The van der Waals surface area contributed by atoms with E-state index in [0.717, 1.165) is 23.9 Å². The molecule has 1 N–H and O–H groups in total. The second kappa shape index (κ2) is 7.22. The maximum absolute atomic E-state index is 12.8. The van der Waals surface area contributed by atoms with Crippen LogP contribution in [-0.4, -0.2) is 31.4 Å². The van der Waals surface area contributed by atoms with E-state index in [4.69, 9.17) is 11.6 Å². The van der Waals surface area contributed by atoms with Crippen LogP contribution in [0.5, 0.6) is 0 Å². The van der Waals surface area contributed by atoms with Crippen molar-refractivity contribution < 1.29 is 13.2 Å². The van der Waals surface area contributed by atoms with Crippen LogP contribution in [-0.2, 0) is 6.18 Å². The predicted octanol–water partition coefficient (Wildman–Crippen LogP) is 4.81. The van der Waals surface area contributed by atoms with E-state index >= 15 is 0 Å². The molecule has 25 heavy (non-hydrogen) atoms. The van der Waals surface area contributed by atoms with Crippen molar-refractivity contribution in [2.45, 2.75) is 21.5 Å². The zero-order chi connectivity index (χ0) is 18.0. The lowest BCUT2D eigenvalue weighted by molar-refractivity contribution is -0.137. The average molecular weight is 404 g/mol. The minimum atomic E-state index is -4.42. The Kier molecular flexibility index (Phi) is 5.21. The first-order chi connectivity index (χ1) is 11.8. The Morgan fingerprint density at radius 2 is 1.92 bits per heavy atom. The molecular formula is C14H9ClF3N5S2. The molecule has 0 spiro atoms. The zero-order valence-electron chi connectivity index (χ0n) is 12.5. The van der Waals surface area contributed by atoms with E-state index in [1.807, 2.05) is 6.26 Å². The van der Waals surface area contributed by atoms with Crippen molar-refractivity contribution in [1.82, 2.24) is 25.1 Å². The van der Waals surface area contributed by atoms with Crippen LogP contribution >= 0.6 is 35.1 Å². The van der Waals surface area contributed by atoms with E-state index in [-0.39, 0.29) is 11.4 Å². The van der Waals surface area contributed by atoms with Gasteiger partial charge in [0.05, 0.1) is 5.56 Å².